The van der Waals surface area contributed by atoms with Gasteiger partial charge in [-0.3, -0.25) is 14.9 Å². The van der Waals surface area contributed by atoms with Crippen LogP contribution in [0.5, 0.6) is 5.75 Å². The molecular formula is C21H19ClN4O3S. The summed E-state index contributed by atoms with van der Waals surface area (Å²) in [6.45, 7) is 2.42. The minimum atomic E-state index is -0.279. The average molecular weight is 443 g/mol. The van der Waals surface area contributed by atoms with Crippen LogP contribution in [0.2, 0.25) is 5.02 Å². The Morgan fingerprint density at radius 2 is 2.00 bits per heavy atom. The van der Waals surface area contributed by atoms with Crippen molar-refractivity contribution in [3.63, 3.8) is 0 Å². The molecule has 0 saturated carbocycles. The molecule has 1 fully saturated rings. The van der Waals surface area contributed by atoms with Gasteiger partial charge in [-0.2, -0.15) is 0 Å². The molecular weight excluding hydrogens is 424 g/mol. The number of carbonyl (C=O) groups excluding carboxylic acids is 2. The number of nitrogens with one attached hydrogen (secondary N) is 1. The van der Waals surface area contributed by atoms with Gasteiger partial charge in [0.15, 0.2) is 0 Å². The molecule has 1 N–H and O–H groups in total. The molecule has 0 unspecified atom stereocenters. The fourth-order valence-corrected chi connectivity index (χ4v) is 4.24. The molecule has 1 saturated heterocycles. The Kier molecular flexibility index (Phi) is 5.69. The lowest BCUT2D eigenvalue weighted by Crippen LogP contribution is -2.24. The third-order valence-corrected chi connectivity index (χ3v) is 6.36. The van der Waals surface area contributed by atoms with Gasteiger partial charge in [0, 0.05) is 35.2 Å². The summed E-state index contributed by atoms with van der Waals surface area (Å²) >= 11 is 7.49. The predicted molar refractivity (Wildman–Crippen MR) is 117 cm³/mol. The smallest absolute Gasteiger partial charge is 0.257 e. The maximum atomic E-state index is 12.5. The van der Waals surface area contributed by atoms with Crippen molar-refractivity contribution in [1.82, 2.24) is 10.2 Å². The fourth-order valence-electron chi connectivity index (χ4n) is 3.23. The third kappa shape index (κ3) is 4.15. The number of nitrogens with zero attached hydrogens (tertiary/aromatic N) is 3. The average Bonchev–Trinajstić information content (AvgIpc) is 3.36. The van der Waals surface area contributed by atoms with Crippen molar-refractivity contribution < 1.29 is 14.3 Å². The number of aryl methyl sites for hydroxylation is 1. The van der Waals surface area contributed by atoms with E-state index in [0.29, 0.717) is 39.4 Å². The minimum absolute atomic E-state index is 0.0129. The van der Waals surface area contributed by atoms with Gasteiger partial charge in [0.1, 0.15) is 10.8 Å². The van der Waals surface area contributed by atoms with E-state index < -0.39 is 0 Å². The van der Waals surface area contributed by atoms with Crippen molar-refractivity contribution in [2.24, 2.45) is 0 Å². The first kappa shape index (κ1) is 20.3. The Morgan fingerprint density at radius 3 is 2.70 bits per heavy atom. The molecule has 2 aromatic carbocycles. The molecule has 30 heavy (non-hydrogen) atoms. The molecule has 2 heterocycles. The lowest BCUT2D eigenvalue weighted by Gasteiger charge is -2.17. The normalized spacial score (nSPS) is 16.0. The SMILES string of the molecule is COc1ccc(C(=O)Nc2nnc([C@@H]3CC(=O)N(c4ccc(C)c(Cl)c4)C3)s2)cc1. The van der Waals surface area contributed by atoms with Crippen LogP contribution >= 0.6 is 22.9 Å². The van der Waals surface area contributed by atoms with Crippen molar-refractivity contribution in [2.45, 2.75) is 19.3 Å². The second-order valence-corrected chi connectivity index (χ2v) is 8.38. The van der Waals surface area contributed by atoms with E-state index in [2.05, 4.69) is 15.5 Å². The summed E-state index contributed by atoms with van der Waals surface area (Å²) in [6.07, 6.45) is 0.340. The molecule has 0 spiro atoms. The van der Waals surface area contributed by atoms with E-state index in [1.807, 2.05) is 19.1 Å². The molecule has 9 heteroatoms. The van der Waals surface area contributed by atoms with Crippen LogP contribution in [-0.4, -0.2) is 35.7 Å². The first-order chi connectivity index (χ1) is 14.4. The zero-order valence-electron chi connectivity index (χ0n) is 16.4. The molecule has 1 aliphatic rings. The van der Waals surface area contributed by atoms with Gasteiger partial charge in [-0.15, -0.1) is 10.2 Å². The second-order valence-electron chi connectivity index (χ2n) is 6.97. The van der Waals surface area contributed by atoms with Gasteiger partial charge in [0.25, 0.3) is 5.91 Å². The van der Waals surface area contributed by atoms with Crippen molar-refractivity contribution in [2.75, 3.05) is 23.9 Å². The van der Waals surface area contributed by atoms with Crippen molar-refractivity contribution >= 4 is 45.6 Å². The van der Waals surface area contributed by atoms with Gasteiger partial charge in [-0.1, -0.05) is 29.0 Å². The summed E-state index contributed by atoms with van der Waals surface area (Å²) in [5.41, 5.74) is 2.23. The molecule has 2 amide bonds. The molecule has 0 radical (unpaired) electrons. The standard InChI is InChI=1S/C21H19ClN4O3S/c1-12-3-6-15(10-17(12)22)26-11-14(9-18(26)27)20-24-25-21(30-20)23-19(28)13-4-7-16(29-2)8-5-13/h3-8,10,14H,9,11H2,1-2H3,(H,23,25,28)/t14-/m1/s1. The Hall–Kier alpha value is -2.97. The zero-order valence-corrected chi connectivity index (χ0v) is 18.0. The number of carbonyl (C=O) groups is 2. The molecule has 4 rings (SSSR count). The first-order valence-corrected chi connectivity index (χ1v) is 10.5. The monoisotopic (exact) mass is 442 g/mol. The number of methoxy groups -OCH3 is 1. The number of anilines is 2. The number of halogens is 1. The third-order valence-electron chi connectivity index (χ3n) is 4.95. The summed E-state index contributed by atoms with van der Waals surface area (Å²) in [6, 6.07) is 12.4. The highest BCUT2D eigenvalue weighted by atomic mass is 35.5. The van der Waals surface area contributed by atoms with E-state index in [1.54, 1.807) is 42.3 Å². The van der Waals surface area contributed by atoms with Crippen molar-refractivity contribution in [1.29, 1.82) is 0 Å². The van der Waals surface area contributed by atoms with Crippen LogP contribution in [0.15, 0.2) is 42.5 Å². The number of ether oxygens (including phenoxy) is 1. The topological polar surface area (TPSA) is 84.4 Å². The molecule has 0 bridgehead atoms. The lowest BCUT2D eigenvalue weighted by molar-refractivity contribution is -0.117. The molecule has 7 nitrogen and oxygen atoms in total. The van der Waals surface area contributed by atoms with Gasteiger partial charge >= 0.3 is 0 Å². The zero-order chi connectivity index (χ0) is 21.3. The van der Waals surface area contributed by atoms with Crippen LogP contribution in [0.4, 0.5) is 10.8 Å². The van der Waals surface area contributed by atoms with Crippen LogP contribution in [0.3, 0.4) is 0 Å². The number of aromatic nitrogens is 2. The maximum Gasteiger partial charge on any atom is 0.257 e. The van der Waals surface area contributed by atoms with E-state index in [1.165, 1.54) is 11.3 Å². The van der Waals surface area contributed by atoms with Gasteiger partial charge in [-0.25, -0.2) is 0 Å². The summed E-state index contributed by atoms with van der Waals surface area (Å²) in [4.78, 5) is 26.7. The Labute approximate surface area is 182 Å². The highest BCUT2D eigenvalue weighted by Gasteiger charge is 2.34. The maximum absolute atomic E-state index is 12.5. The summed E-state index contributed by atoms with van der Waals surface area (Å²) in [5, 5.41) is 12.8. The van der Waals surface area contributed by atoms with E-state index in [4.69, 9.17) is 16.3 Å². The summed E-state index contributed by atoms with van der Waals surface area (Å²) in [7, 11) is 1.57. The van der Waals surface area contributed by atoms with Crippen molar-refractivity contribution in [3.8, 4) is 5.75 Å². The van der Waals surface area contributed by atoms with Gasteiger partial charge in [-0.05, 0) is 48.9 Å². The summed E-state index contributed by atoms with van der Waals surface area (Å²) in [5.74, 6) is 0.328. The van der Waals surface area contributed by atoms with Crippen LogP contribution in [0, 0.1) is 6.92 Å². The van der Waals surface area contributed by atoms with E-state index in [-0.39, 0.29) is 17.7 Å². The van der Waals surface area contributed by atoms with E-state index >= 15 is 0 Å². The second kappa shape index (κ2) is 8.41. The van der Waals surface area contributed by atoms with Gasteiger partial charge in [0.2, 0.25) is 11.0 Å². The number of rotatable bonds is 5. The van der Waals surface area contributed by atoms with Gasteiger partial charge in [0.05, 0.1) is 7.11 Å². The summed E-state index contributed by atoms with van der Waals surface area (Å²) < 4.78 is 5.10. The largest absolute Gasteiger partial charge is 0.497 e. The molecule has 1 atom stereocenters. The number of hydrogen-bond donors (Lipinski definition) is 1. The number of hydrogen-bond acceptors (Lipinski definition) is 6. The van der Waals surface area contributed by atoms with Gasteiger partial charge < -0.3 is 9.64 Å². The Morgan fingerprint density at radius 1 is 1.23 bits per heavy atom. The van der Waals surface area contributed by atoms with E-state index in [9.17, 15) is 9.59 Å². The molecule has 1 aliphatic heterocycles. The van der Waals surface area contributed by atoms with Crippen molar-refractivity contribution in [3.05, 3.63) is 63.6 Å². The number of amides is 2. The molecule has 3 aromatic rings. The highest BCUT2D eigenvalue weighted by molar-refractivity contribution is 7.15. The predicted octanol–water partition coefficient (Wildman–Crippen LogP) is 4.28. The quantitative estimate of drug-likeness (QED) is 0.637. The van der Waals surface area contributed by atoms with Crippen LogP contribution in [-0.2, 0) is 4.79 Å². The number of benzene rings is 2. The van der Waals surface area contributed by atoms with Crippen LogP contribution < -0.4 is 15.0 Å². The highest BCUT2D eigenvalue weighted by Crippen LogP contribution is 2.35. The lowest BCUT2D eigenvalue weighted by atomic mass is 10.1. The Bertz CT molecular complexity index is 1100. The first-order valence-electron chi connectivity index (χ1n) is 9.30. The van der Waals surface area contributed by atoms with E-state index in [0.717, 1.165) is 11.3 Å². The Balaban J connectivity index is 1.44. The molecule has 154 valence electrons. The minimum Gasteiger partial charge on any atom is -0.497 e. The van der Waals surface area contributed by atoms with Crippen LogP contribution in [0.25, 0.3) is 0 Å². The molecule has 0 aliphatic carbocycles. The fraction of sp³-hybridized carbons (Fsp3) is 0.238. The van der Waals surface area contributed by atoms with Crippen LogP contribution in [0.1, 0.15) is 33.3 Å². The molecule has 1 aromatic heterocycles.